The molecule has 1 amide bonds. The summed E-state index contributed by atoms with van der Waals surface area (Å²) in [6.07, 6.45) is 2.99. The molecule has 0 aliphatic heterocycles. The Labute approximate surface area is 186 Å². The van der Waals surface area contributed by atoms with Crippen LogP contribution in [0.15, 0.2) is 31.0 Å². The number of nitrogens with one attached hydrogen (secondary N) is 2. The van der Waals surface area contributed by atoms with Crippen molar-refractivity contribution >= 4 is 22.7 Å². The molecule has 0 bridgehead atoms. The van der Waals surface area contributed by atoms with E-state index in [0.29, 0.717) is 49.6 Å². The van der Waals surface area contributed by atoms with Gasteiger partial charge in [-0.05, 0) is 44.6 Å². The van der Waals surface area contributed by atoms with Crippen molar-refractivity contribution in [2.75, 3.05) is 0 Å². The molecular formula is C21H23F3N6O3. The molecule has 1 aliphatic carbocycles. The van der Waals surface area contributed by atoms with Gasteiger partial charge >= 0.3 is 6.18 Å². The minimum atomic E-state index is -5.01. The Hall–Kier alpha value is -3.28. The maximum absolute atomic E-state index is 13.0. The van der Waals surface area contributed by atoms with E-state index in [1.165, 1.54) is 6.33 Å². The Balaban J connectivity index is 1.40. The lowest BCUT2D eigenvalue weighted by molar-refractivity contribution is -0.244. The molecule has 176 valence electrons. The molecule has 3 aromatic heterocycles. The second kappa shape index (κ2) is 8.58. The average molecular weight is 464 g/mol. The summed E-state index contributed by atoms with van der Waals surface area (Å²) in [6, 6.07) is 1.52. The van der Waals surface area contributed by atoms with Gasteiger partial charge in [0.15, 0.2) is 11.5 Å². The number of H-pyrrole nitrogens is 1. The summed E-state index contributed by atoms with van der Waals surface area (Å²) in [5.41, 5.74) is -2.12. The Morgan fingerprint density at radius 3 is 2.61 bits per heavy atom. The predicted octanol–water partition coefficient (Wildman–Crippen LogP) is 2.70. The molecule has 3 N–H and O–H groups in total. The van der Waals surface area contributed by atoms with Gasteiger partial charge in [-0.2, -0.15) is 13.2 Å². The van der Waals surface area contributed by atoms with Crippen molar-refractivity contribution < 1.29 is 27.9 Å². The number of hydrogen-bond acceptors (Lipinski definition) is 6. The highest BCUT2D eigenvalue weighted by Crippen LogP contribution is 2.35. The van der Waals surface area contributed by atoms with Crippen LogP contribution in [-0.2, 0) is 4.79 Å². The summed E-state index contributed by atoms with van der Waals surface area (Å²) >= 11 is 0. The number of aromatic amines is 1. The van der Waals surface area contributed by atoms with Gasteiger partial charge in [0, 0.05) is 31.1 Å². The standard InChI is InChI=1S/C21H23F3N6O3/c1-20(33,21(22,23)24)15(31)10-12-2-4-13(5-3-12)27-18(32)17-16-14(6-7-26-16)28-19(29-17)30-9-8-25-11-30/h6-9,11-13,26,33H,2-5,10H2,1H3,(H,27,32)/t12?,13?,20-/m1/s1. The van der Waals surface area contributed by atoms with Gasteiger partial charge < -0.3 is 15.4 Å². The molecule has 1 saturated carbocycles. The molecular weight excluding hydrogens is 441 g/mol. The number of amides is 1. The Morgan fingerprint density at radius 2 is 1.97 bits per heavy atom. The maximum atomic E-state index is 13.0. The molecule has 3 aromatic rings. The molecule has 33 heavy (non-hydrogen) atoms. The quantitative estimate of drug-likeness (QED) is 0.515. The third-order valence-corrected chi connectivity index (χ3v) is 6.10. The van der Waals surface area contributed by atoms with Gasteiger partial charge in [-0.25, -0.2) is 15.0 Å². The third kappa shape index (κ3) is 4.61. The fraction of sp³-hybridized carbons (Fsp3) is 0.476. The van der Waals surface area contributed by atoms with Crippen LogP contribution >= 0.6 is 0 Å². The van der Waals surface area contributed by atoms with Gasteiger partial charge in [0.05, 0.1) is 11.0 Å². The number of carbonyl (C=O) groups excluding carboxylic acids is 2. The minimum absolute atomic E-state index is 0.173. The van der Waals surface area contributed by atoms with Gasteiger partial charge in [-0.15, -0.1) is 0 Å². The van der Waals surface area contributed by atoms with Crippen LogP contribution in [0.5, 0.6) is 0 Å². The highest BCUT2D eigenvalue weighted by atomic mass is 19.4. The van der Waals surface area contributed by atoms with E-state index < -0.39 is 23.5 Å². The monoisotopic (exact) mass is 464 g/mol. The van der Waals surface area contributed by atoms with Crippen LogP contribution in [0.3, 0.4) is 0 Å². The number of rotatable bonds is 6. The minimum Gasteiger partial charge on any atom is -0.374 e. The highest BCUT2D eigenvalue weighted by Gasteiger charge is 2.55. The molecule has 3 heterocycles. The number of aliphatic hydroxyl groups is 1. The van der Waals surface area contributed by atoms with Crippen molar-refractivity contribution in [1.82, 2.24) is 29.8 Å². The molecule has 0 unspecified atom stereocenters. The summed E-state index contributed by atoms with van der Waals surface area (Å²) in [4.78, 5) is 40.7. The first-order valence-corrected chi connectivity index (χ1v) is 10.5. The molecule has 9 nitrogen and oxygen atoms in total. The third-order valence-electron chi connectivity index (χ3n) is 6.10. The first-order chi connectivity index (χ1) is 15.6. The lowest BCUT2D eigenvalue weighted by Crippen LogP contribution is -2.50. The van der Waals surface area contributed by atoms with Crippen LogP contribution in [-0.4, -0.2) is 59.1 Å². The Kier molecular flexibility index (Phi) is 5.95. The molecule has 0 radical (unpaired) electrons. The first kappa shape index (κ1) is 22.9. The first-order valence-electron chi connectivity index (χ1n) is 10.5. The Morgan fingerprint density at radius 1 is 1.24 bits per heavy atom. The van der Waals surface area contributed by atoms with Crippen molar-refractivity contribution in [3.05, 3.63) is 36.7 Å². The van der Waals surface area contributed by atoms with E-state index in [2.05, 4.69) is 25.3 Å². The van der Waals surface area contributed by atoms with Crippen molar-refractivity contribution in [1.29, 1.82) is 0 Å². The Bertz CT molecular complexity index is 1150. The van der Waals surface area contributed by atoms with E-state index in [9.17, 15) is 27.9 Å². The fourth-order valence-corrected chi connectivity index (χ4v) is 3.97. The van der Waals surface area contributed by atoms with Crippen LogP contribution in [0.25, 0.3) is 17.0 Å². The zero-order valence-electron chi connectivity index (χ0n) is 17.8. The number of alkyl halides is 3. The van der Waals surface area contributed by atoms with E-state index >= 15 is 0 Å². The molecule has 4 rings (SSSR count). The SMILES string of the molecule is C[C@@](O)(C(=O)CC1CCC(NC(=O)c2nc(-n3ccnc3)nc3cc[nH]c23)CC1)C(F)(F)F. The van der Waals surface area contributed by atoms with Crippen molar-refractivity contribution in [2.45, 2.75) is 56.8 Å². The number of hydrogen-bond donors (Lipinski definition) is 3. The summed E-state index contributed by atoms with van der Waals surface area (Å²) in [7, 11) is 0. The van der Waals surface area contributed by atoms with Gasteiger partial charge in [0.1, 0.15) is 6.33 Å². The molecule has 0 aromatic carbocycles. The van der Waals surface area contributed by atoms with Crippen molar-refractivity contribution in [2.24, 2.45) is 5.92 Å². The number of halogens is 3. The largest absolute Gasteiger partial charge is 0.424 e. The second-order valence-electron chi connectivity index (χ2n) is 8.47. The number of nitrogens with zero attached hydrogens (tertiary/aromatic N) is 4. The lowest BCUT2D eigenvalue weighted by atomic mass is 9.80. The maximum Gasteiger partial charge on any atom is 0.424 e. The molecule has 1 fully saturated rings. The molecule has 12 heteroatoms. The van der Waals surface area contributed by atoms with Crippen LogP contribution in [0, 0.1) is 5.92 Å². The summed E-state index contributed by atoms with van der Waals surface area (Å²) < 4.78 is 40.2. The van der Waals surface area contributed by atoms with E-state index in [0.717, 1.165) is 0 Å². The normalized spacial score (nSPS) is 21.0. The smallest absolute Gasteiger partial charge is 0.374 e. The fourth-order valence-electron chi connectivity index (χ4n) is 3.97. The second-order valence-corrected chi connectivity index (χ2v) is 8.47. The zero-order valence-corrected chi connectivity index (χ0v) is 17.8. The lowest BCUT2D eigenvalue weighted by Gasteiger charge is -2.31. The summed E-state index contributed by atoms with van der Waals surface area (Å²) in [5.74, 6) is -1.61. The number of imidazole rings is 1. The summed E-state index contributed by atoms with van der Waals surface area (Å²) in [5, 5.41) is 12.5. The molecule has 1 aliphatic rings. The molecule has 0 saturated heterocycles. The molecule has 0 spiro atoms. The number of Topliss-reactive ketones (excluding diaryl/α,β-unsaturated/α-hetero) is 1. The zero-order chi connectivity index (χ0) is 23.8. The van der Waals surface area contributed by atoms with Crippen LogP contribution in [0.2, 0.25) is 0 Å². The number of ketones is 1. The van der Waals surface area contributed by atoms with E-state index in [1.807, 2.05) is 0 Å². The summed E-state index contributed by atoms with van der Waals surface area (Å²) in [6.45, 7) is 0.488. The topological polar surface area (TPSA) is 126 Å². The van der Waals surface area contributed by atoms with Crippen LogP contribution < -0.4 is 5.32 Å². The van der Waals surface area contributed by atoms with E-state index in [4.69, 9.17) is 0 Å². The number of carbonyl (C=O) groups is 2. The van der Waals surface area contributed by atoms with Crippen LogP contribution in [0.4, 0.5) is 13.2 Å². The predicted molar refractivity (Wildman–Crippen MR) is 111 cm³/mol. The number of fused-ring (bicyclic) bond motifs is 1. The van der Waals surface area contributed by atoms with Crippen molar-refractivity contribution in [3.63, 3.8) is 0 Å². The van der Waals surface area contributed by atoms with Gasteiger partial charge in [-0.3, -0.25) is 14.2 Å². The highest BCUT2D eigenvalue weighted by molar-refractivity contribution is 6.03. The van der Waals surface area contributed by atoms with Crippen LogP contribution in [0.1, 0.15) is 49.5 Å². The van der Waals surface area contributed by atoms with E-state index in [-0.39, 0.29) is 24.1 Å². The molecule has 1 atom stereocenters. The van der Waals surface area contributed by atoms with Crippen molar-refractivity contribution in [3.8, 4) is 5.95 Å². The van der Waals surface area contributed by atoms with Gasteiger partial charge in [0.25, 0.3) is 5.91 Å². The average Bonchev–Trinajstić information content (AvgIpc) is 3.45. The van der Waals surface area contributed by atoms with E-state index in [1.54, 1.807) is 29.2 Å². The van der Waals surface area contributed by atoms with Gasteiger partial charge in [-0.1, -0.05) is 0 Å². The number of aromatic nitrogens is 5. The van der Waals surface area contributed by atoms with Gasteiger partial charge in [0.2, 0.25) is 11.5 Å².